The lowest BCUT2D eigenvalue weighted by Gasteiger charge is -1.94. The van der Waals surface area contributed by atoms with Crippen LogP contribution in [-0.4, -0.2) is 16.8 Å². The van der Waals surface area contributed by atoms with E-state index in [-0.39, 0.29) is 0 Å². The van der Waals surface area contributed by atoms with Crippen molar-refractivity contribution in [3.05, 3.63) is 24.3 Å². The SMILES string of the molecule is CC=Cc1nccn1C.F[B-](F)(F)F. The second-order valence-corrected chi connectivity index (χ2v) is 2.39. The fourth-order valence-electron chi connectivity index (χ4n) is 0.687. The molecule has 1 heterocycles. The van der Waals surface area contributed by atoms with E-state index in [1.165, 1.54) is 0 Å². The van der Waals surface area contributed by atoms with Gasteiger partial charge < -0.3 is 21.8 Å². The molecule has 14 heavy (non-hydrogen) atoms. The third-order valence-electron chi connectivity index (χ3n) is 1.17. The van der Waals surface area contributed by atoms with Crippen molar-refractivity contribution in [1.29, 1.82) is 0 Å². The number of hydrogen-bond donors (Lipinski definition) is 0. The van der Waals surface area contributed by atoms with E-state index in [1.807, 2.05) is 36.9 Å². The Labute approximate surface area is 79.4 Å². The number of nitrogens with zero attached hydrogens (tertiary/aromatic N) is 2. The Bertz CT molecular complexity index is 286. The summed E-state index contributed by atoms with van der Waals surface area (Å²) in [5.41, 5.74) is 0. The summed E-state index contributed by atoms with van der Waals surface area (Å²) in [6, 6.07) is 0. The highest BCUT2D eigenvalue weighted by atomic mass is 19.5. The van der Waals surface area contributed by atoms with Crippen molar-refractivity contribution in [3.8, 4) is 0 Å². The van der Waals surface area contributed by atoms with Crippen molar-refractivity contribution in [2.45, 2.75) is 6.92 Å². The lowest BCUT2D eigenvalue weighted by atomic mass is 10.3. The molecule has 2 nitrogen and oxygen atoms in total. The third-order valence-corrected chi connectivity index (χ3v) is 1.17. The van der Waals surface area contributed by atoms with Crippen LogP contribution in [0.25, 0.3) is 6.08 Å². The number of rotatable bonds is 1. The van der Waals surface area contributed by atoms with Gasteiger partial charge in [-0.05, 0) is 13.0 Å². The second kappa shape index (κ2) is 5.46. The van der Waals surface area contributed by atoms with Crippen LogP contribution in [0, 0.1) is 0 Å². The van der Waals surface area contributed by atoms with Crippen molar-refractivity contribution >= 4 is 13.3 Å². The smallest absolute Gasteiger partial charge is 0.418 e. The summed E-state index contributed by atoms with van der Waals surface area (Å²) in [7, 11) is -4.03. The fraction of sp³-hybridized carbons (Fsp3) is 0.286. The Kier molecular flexibility index (Phi) is 4.97. The minimum absolute atomic E-state index is 0.998. The van der Waals surface area contributed by atoms with Gasteiger partial charge in [0.2, 0.25) is 0 Å². The molecule has 0 spiro atoms. The largest absolute Gasteiger partial charge is 0.673 e. The predicted octanol–water partition coefficient (Wildman–Crippen LogP) is 2.75. The van der Waals surface area contributed by atoms with Crippen LogP contribution in [0.1, 0.15) is 12.7 Å². The van der Waals surface area contributed by atoms with Gasteiger partial charge in [0, 0.05) is 19.4 Å². The Morgan fingerprint density at radius 2 is 1.86 bits per heavy atom. The van der Waals surface area contributed by atoms with Gasteiger partial charge in [-0.25, -0.2) is 4.98 Å². The number of hydrogen-bond acceptors (Lipinski definition) is 1. The molecule has 0 aliphatic heterocycles. The summed E-state index contributed by atoms with van der Waals surface area (Å²) in [4.78, 5) is 4.08. The molecule has 1 aromatic rings. The molecule has 0 fully saturated rings. The maximum absolute atomic E-state index is 9.75. The van der Waals surface area contributed by atoms with Crippen LogP contribution < -0.4 is 0 Å². The molecule has 0 saturated carbocycles. The van der Waals surface area contributed by atoms with Crippen LogP contribution in [0.3, 0.4) is 0 Å². The van der Waals surface area contributed by atoms with E-state index < -0.39 is 7.25 Å². The van der Waals surface area contributed by atoms with E-state index in [0.717, 1.165) is 5.82 Å². The zero-order chi connectivity index (χ0) is 11.2. The average Bonchev–Trinajstić information content (AvgIpc) is 2.34. The first-order valence-corrected chi connectivity index (χ1v) is 3.82. The number of aromatic nitrogens is 2. The summed E-state index contributed by atoms with van der Waals surface area (Å²) >= 11 is 0. The van der Waals surface area contributed by atoms with Gasteiger partial charge in [-0.3, -0.25) is 0 Å². The molecular formula is C7H10BF4N2-. The molecule has 0 aromatic carbocycles. The van der Waals surface area contributed by atoms with Crippen molar-refractivity contribution in [2.75, 3.05) is 0 Å². The van der Waals surface area contributed by atoms with E-state index >= 15 is 0 Å². The highest BCUT2D eigenvalue weighted by Gasteiger charge is 2.20. The Hall–Kier alpha value is -1.27. The summed E-state index contributed by atoms with van der Waals surface area (Å²) < 4.78 is 41.0. The molecule has 0 N–H and O–H groups in total. The maximum atomic E-state index is 9.75. The van der Waals surface area contributed by atoms with Crippen LogP contribution in [-0.2, 0) is 7.05 Å². The van der Waals surface area contributed by atoms with Gasteiger partial charge in [-0.2, -0.15) is 0 Å². The zero-order valence-corrected chi connectivity index (χ0v) is 7.79. The summed E-state index contributed by atoms with van der Waals surface area (Å²) in [6.45, 7) is 1.98. The summed E-state index contributed by atoms with van der Waals surface area (Å²) in [6.07, 6.45) is 7.66. The molecule has 80 valence electrons. The Balaban J connectivity index is 0.000000292. The highest BCUT2D eigenvalue weighted by Crippen LogP contribution is 2.06. The van der Waals surface area contributed by atoms with Crippen molar-refractivity contribution in [2.24, 2.45) is 7.05 Å². The van der Waals surface area contributed by atoms with E-state index in [1.54, 1.807) is 6.20 Å². The molecule has 0 amide bonds. The number of halogens is 4. The first-order valence-electron chi connectivity index (χ1n) is 3.82. The minimum atomic E-state index is -6.00. The third kappa shape index (κ3) is 7.39. The minimum Gasteiger partial charge on any atom is -0.418 e. The number of aryl methyl sites for hydroxylation is 1. The molecule has 0 saturated heterocycles. The van der Waals surface area contributed by atoms with E-state index in [2.05, 4.69) is 4.98 Å². The molecule has 7 heteroatoms. The lowest BCUT2D eigenvalue weighted by molar-refractivity contribution is 0.368. The van der Waals surface area contributed by atoms with Gasteiger partial charge in [0.05, 0.1) is 0 Å². The van der Waals surface area contributed by atoms with Gasteiger partial charge in [0.15, 0.2) is 0 Å². The molecule has 1 rings (SSSR count). The molecule has 0 aliphatic carbocycles. The molecule has 0 aliphatic rings. The number of allylic oxidation sites excluding steroid dienone is 1. The molecule has 0 bridgehead atoms. The van der Waals surface area contributed by atoms with Gasteiger partial charge in [0.25, 0.3) is 0 Å². The van der Waals surface area contributed by atoms with Crippen LogP contribution >= 0.6 is 0 Å². The summed E-state index contributed by atoms with van der Waals surface area (Å²) in [5, 5.41) is 0. The summed E-state index contributed by atoms with van der Waals surface area (Å²) in [5.74, 6) is 0.998. The molecule has 0 radical (unpaired) electrons. The quantitative estimate of drug-likeness (QED) is 0.513. The molecule has 0 unspecified atom stereocenters. The molecule has 0 atom stereocenters. The van der Waals surface area contributed by atoms with Crippen molar-refractivity contribution in [3.63, 3.8) is 0 Å². The van der Waals surface area contributed by atoms with Gasteiger partial charge in [-0.15, -0.1) is 0 Å². The van der Waals surface area contributed by atoms with Crippen LogP contribution in [0.15, 0.2) is 18.5 Å². The van der Waals surface area contributed by atoms with E-state index in [0.29, 0.717) is 0 Å². The van der Waals surface area contributed by atoms with Crippen molar-refractivity contribution < 1.29 is 17.3 Å². The van der Waals surface area contributed by atoms with Crippen LogP contribution in [0.4, 0.5) is 17.3 Å². The first-order chi connectivity index (χ1) is 6.34. The van der Waals surface area contributed by atoms with Gasteiger partial charge >= 0.3 is 7.25 Å². The van der Waals surface area contributed by atoms with Crippen LogP contribution in [0.2, 0.25) is 0 Å². The Morgan fingerprint density at radius 3 is 2.14 bits per heavy atom. The zero-order valence-electron chi connectivity index (χ0n) is 7.79. The standard InChI is InChI=1S/C7H10N2.BF4/c1-3-4-7-8-5-6-9(7)2;2-1(3,4)5/h3-6H,1-2H3;/q;-1. The lowest BCUT2D eigenvalue weighted by Crippen LogP contribution is -2.02. The van der Waals surface area contributed by atoms with E-state index in [9.17, 15) is 17.3 Å². The maximum Gasteiger partial charge on any atom is 0.673 e. The molecular weight excluding hydrogens is 199 g/mol. The van der Waals surface area contributed by atoms with Gasteiger partial charge in [0.1, 0.15) is 5.82 Å². The first kappa shape index (κ1) is 12.7. The second-order valence-electron chi connectivity index (χ2n) is 2.39. The normalized spacial score (nSPS) is 11.3. The van der Waals surface area contributed by atoms with Crippen molar-refractivity contribution in [1.82, 2.24) is 9.55 Å². The Morgan fingerprint density at radius 1 is 1.36 bits per heavy atom. The van der Waals surface area contributed by atoms with E-state index in [4.69, 9.17) is 0 Å². The number of imidazole rings is 1. The fourth-order valence-corrected chi connectivity index (χ4v) is 0.687. The van der Waals surface area contributed by atoms with Crippen LogP contribution in [0.5, 0.6) is 0 Å². The predicted molar refractivity (Wildman–Crippen MR) is 48.1 cm³/mol. The monoisotopic (exact) mass is 209 g/mol. The van der Waals surface area contributed by atoms with Gasteiger partial charge in [-0.1, -0.05) is 6.08 Å². The topological polar surface area (TPSA) is 17.8 Å². The highest BCUT2D eigenvalue weighted by molar-refractivity contribution is 6.50. The average molecular weight is 209 g/mol. The molecule has 1 aromatic heterocycles.